The largest absolute Gasteiger partial charge is 0.357 e. The van der Waals surface area contributed by atoms with Gasteiger partial charge in [-0.1, -0.05) is 54.1 Å². The summed E-state index contributed by atoms with van der Waals surface area (Å²) in [5.41, 5.74) is 2.46. The molecule has 31 heavy (non-hydrogen) atoms. The van der Waals surface area contributed by atoms with Crippen molar-refractivity contribution >= 4 is 47.4 Å². The van der Waals surface area contributed by atoms with Crippen LogP contribution in [0.3, 0.4) is 0 Å². The highest BCUT2D eigenvalue weighted by Gasteiger charge is 2.28. The number of carbonyl (C=O) groups excluding carboxylic acids is 1. The zero-order valence-electron chi connectivity index (χ0n) is 18.0. The van der Waals surface area contributed by atoms with E-state index in [1.807, 2.05) is 41.3 Å². The summed E-state index contributed by atoms with van der Waals surface area (Å²) < 4.78 is 0. The lowest BCUT2D eigenvalue weighted by Gasteiger charge is -2.16. The Hall–Kier alpha value is -1.80. The molecule has 0 aromatic heterocycles. The summed E-state index contributed by atoms with van der Waals surface area (Å²) in [5, 5.41) is 7.43. The van der Waals surface area contributed by atoms with Gasteiger partial charge in [0.15, 0.2) is 5.96 Å². The molecule has 0 aliphatic carbocycles. The van der Waals surface area contributed by atoms with Crippen molar-refractivity contribution in [3.63, 3.8) is 0 Å². The number of aliphatic imine (C=N–C) groups is 1. The smallest absolute Gasteiger partial charge is 0.223 e. The van der Waals surface area contributed by atoms with Crippen LogP contribution in [-0.2, 0) is 17.6 Å². The Morgan fingerprint density at radius 3 is 2.61 bits per heavy atom. The maximum atomic E-state index is 12.4. The van der Waals surface area contributed by atoms with Crippen LogP contribution in [0.25, 0.3) is 0 Å². The SMILES string of the molecule is CCNC(=NCC1CC(=O)N(CCc2ccccc2)C1)NCCc1cccc(Cl)c1.I. The Kier molecular flexibility index (Phi) is 11.2. The Bertz CT molecular complexity index is 846. The first-order valence-electron chi connectivity index (χ1n) is 10.7. The van der Waals surface area contributed by atoms with Gasteiger partial charge in [0.2, 0.25) is 5.91 Å². The number of amides is 1. The molecule has 0 bridgehead atoms. The highest BCUT2D eigenvalue weighted by Crippen LogP contribution is 2.18. The van der Waals surface area contributed by atoms with E-state index >= 15 is 0 Å². The van der Waals surface area contributed by atoms with Gasteiger partial charge >= 0.3 is 0 Å². The summed E-state index contributed by atoms with van der Waals surface area (Å²) in [6.45, 7) is 5.85. The average Bonchev–Trinajstić information content (AvgIpc) is 3.11. The van der Waals surface area contributed by atoms with Gasteiger partial charge in [0.1, 0.15) is 0 Å². The van der Waals surface area contributed by atoms with E-state index in [2.05, 4.69) is 35.8 Å². The van der Waals surface area contributed by atoms with Crippen LogP contribution >= 0.6 is 35.6 Å². The van der Waals surface area contributed by atoms with Gasteiger partial charge < -0.3 is 15.5 Å². The van der Waals surface area contributed by atoms with Crippen molar-refractivity contribution < 1.29 is 4.79 Å². The number of halogens is 2. The summed E-state index contributed by atoms with van der Waals surface area (Å²) >= 11 is 6.05. The van der Waals surface area contributed by atoms with Gasteiger partial charge in [-0.15, -0.1) is 24.0 Å². The fourth-order valence-corrected chi connectivity index (χ4v) is 3.89. The van der Waals surface area contributed by atoms with E-state index < -0.39 is 0 Å². The van der Waals surface area contributed by atoms with Crippen LogP contribution in [0.4, 0.5) is 0 Å². The number of guanidine groups is 1. The van der Waals surface area contributed by atoms with Gasteiger partial charge in [-0.2, -0.15) is 0 Å². The van der Waals surface area contributed by atoms with E-state index in [0.717, 1.165) is 50.0 Å². The summed E-state index contributed by atoms with van der Waals surface area (Å²) in [6.07, 6.45) is 2.36. The summed E-state index contributed by atoms with van der Waals surface area (Å²) in [5.74, 6) is 1.32. The standard InChI is InChI=1S/C24H31ClN4O.HI/c1-2-26-24(27-13-11-20-9-6-10-22(25)15-20)28-17-21-16-23(30)29(18-21)14-12-19-7-4-3-5-8-19;/h3-10,15,21H,2,11-14,16-18H2,1H3,(H2,26,27,28);1H. The van der Waals surface area contributed by atoms with Crippen LogP contribution in [0.15, 0.2) is 59.6 Å². The van der Waals surface area contributed by atoms with Crippen LogP contribution in [-0.4, -0.2) is 49.5 Å². The lowest BCUT2D eigenvalue weighted by atomic mass is 10.1. The number of likely N-dealkylation sites (tertiary alicyclic amines) is 1. The van der Waals surface area contributed by atoms with Crippen molar-refractivity contribution in [1.29, 1.82) is 0 Å². The Labute approximate surface area is 207 Å². The van der Waals surface area contributed by atoms with Crippen LogP contribution in [0.2, 0.25) is 5.02 Å². The zero-order valence-corrected chi connectivity index (χ0v) is 21.1. The Morgan fingerprint density at radius 2 is 1.87 bits per heavy atom. The minimum atomic E-state index is 0. The summed E-state index contributed by atoms with van der Waals surface area (Å²) in [6, 6.07) is 18.2. The molecule has 0 spiro atoms. The van der Waals surface area contributed by atoms with E-state index in [0.29, 0.717) is 13.0 Å². The quantitative estimate of drug-likeness (QED) is 0.278. The van der Waals surface area contributed by atoms with Crippen molar-refractivity contribution in [3.05, 3.63) is 70.7 Å². The predicted molar refractivity (Wildman–Crippen MR) is 139 cm³/mol. The molecular weight excluding hydrogens is 523 g/mol. The maximum Gasteiger partial charge on any atom is 0.223 e. The first-order valence-corrected chi connectivity index (χ1v) is 11.1. The van der Waals surface area contributed by atoms with Crippen LogP contribution < -0.4 is 10.6 Å². The second-order valence-corrected chi connectivity index (χ2v) is 8.11. The predicted octanol–water partition coefficient (Wildman–Crippen LogP) is 4.15. The zero-order chi connectivity index (χ0) is 21.2. The first kappa shape index (κ1) is 25.5. The van der Waals surface area contributed by atoms with Gasteiger partial charge in [0, 0.05) is 50.1 Å². The van der Waals surface area contributed by atoms with Crippen molar-refractivity contribution in [2.75, 3.05) is 32.7 Å². The van der Waals surface area contributed by atoms with Crippen LogP contribution in [0, 0.1) is 5.92 Å². The summed E-state index contributed by atoms with van der Waals surface area (Å²) in [7, 11) is 0. The molecule has 0 radical (unpaired) electrons. The molecule has 1 aliphatic rings. The molecule has 3 rings (SSSR count). The third-order valence-corrected chi connectivity index (χ3v) is 5.49. The molecule has 1 atom stereocenters. The van der Waals surface area contributed by atoms with E-state index in [-0.39, 0.29) is 35.8 Å². The average molecular weight is 555 g/mol. The number of benzene rings is 2. The molecule has 1 amide bonds. The van der Waals surface area contributed by atoms with E-state index in [4.69, 9.17) is 16.6 Å². The molecule has 1 saturated heterocycles. The van der Waals surface area contributed by atoms with Gasteiger partial charge in [0.25, 0.3) is 0 Å². The number of carbonyl (C=O) groups is 1. The first-order chi connectivity index (χ1) is 14.6. The minimum absolute atomic E-state index is 0. The second kappa shape index (κ2) is 13.6. The van der Waals surface area contributed by atoms with E-state index in [9.17, 15) is 4.79 Å². The molecule has 0 saturated carbocycles. The molecule has 1 heterocycles. The number of hydrogen-bond donors (Lipinski definition) is 2. The fourth-order valence-electron chi connectivity index (χ4n) is 3.68. The summed E-state index contributed by atoms with van der Waals surface area (Å²) in [4.78, 5) is 19.1. The monoisotopic (exact) mass is 554 g/mol. The lowest BCUT2D eigenvalue weighted by molar-refractivity contribution is -0.127. The van der Waals surface area contributed by atoms with Gasteiger partial charge in [-0.25, -0.2) is 0 Å². The molecule has 1 aliphatic heterocycles. The Balaban J connectivity index is 0.00000341. The molecule has 2 N–H and O–H groups in total. The molecular formula is C24H32ClIN4O. The molecule has 5 nitrogen and oxygen atoms in total. The van der Waals surface area contributed by atoms with E-state index in [1.54, 1.807) is 0 Å². The number of nitrogens with one attached hydrogen (secondary N) is 2. The van der Waals surface area contributed by atoms with Crippen molar-refractivity contribution in [2.45, 2.75) is 26.2 Å². The van der Waals surface area contributed by atoms with Crippen molar-refractivity contribution in [3.8, 4) is 0 Å². The normalized spacial score (nSPS) is 16.2. The van der Waals surface area contributed by atoms with E-state index in [1.165, 1.54) is 11.1 Å². The third-order valence-electron chi connectivity index (χ3n) is 5.25. The van der Waals surface area contributed by atoms with Gasteiger partial charge in [-0.3, -0.25) is 9.79 Å². The lowest BCUT2D eigenvalue weighted by Crippen LogP contribution is -2.38. The highest BCUT2D eigenvalue weighted by molar-refractivity contribution is 14.0. The molecule has 1 unspecified atom stereocenters. The van der Waals surface area contributed by atoms with Crippen LogP contribution in [0.5, 0.6) is 0 Å². The van der Waals surface area contributed by atoms with Crippen molar-refractivity contribution in [1.82, 2.24) is 15.5 Å². The maximum absolute atomic E-state index is 12.4. The molecule has 7 heteroatoms. The molecule has 2 aromatic rings. The molecule has 1 fully saturated rings. The minimum Gasteiger partial charge on any atom is -0.357 e. The second-order valence-electron chi connectivity index (χ2n) is 7.67. The fraction of sp³-hybridized carbons (Fsp3) is 0.417. The topological polar surface area (TPSA) is 56.7 Å². The molecule has 2 aromatic carbocycles. The highest BCUT2D eigenvalue weighted by atomic mass is 127. The third kappa shape index (κ3) is 8.69. The number of rotatable bonds is 9. The molecule has 168 valence electrons. The van der Waals surface area contributed by atoms with Gasteiger partial charge in [0.05, 0.1) is 0 Å². The van der Waals surface area contributed by atoms with Crippen LogP contribution in [0.1, 0.15) is 24.5 Å². The Morgan fingerprint density at radius 1 is 1.10 bits per heavy atom. The van der Waals surface area contributed by atoms with Crippen molar-refractivity contribution in [2.24, 2.45) is 10.9 Å². The number of nitrogens with zero attached hydrogens (tertiary/aromatic N) is 2. The number of hydrogen-bond acceptors (Lipinski definition) is 2. The van der Waals surface area contributed by atoms with Gasteiger partial charge in [-0.05, 0) is 43.0 Å².